The highest BCUT2D eigenvalue weighted by molar-refractivity contribution is 7.85. The van der Waals surface area contributed by atoms with Gasteiger partial charge in [-0.05, 0) is 28.8 Å². The molecule has 0 amide bonds. The molecule has 0 saturated carbocycles. The molecule has 0 fully saturated rings. The van der Waals surface area contributed by atoms with Crippen LogP contribution in [0.5, 0.6) is 0 Å². The maximum Gasteiger partial charge on any atom is 0.268 e. The van der Waals surface area contributed by atoms with Crippen molar-refractivity contribution in [3.05, 3.63) is 90.2 Å². The van der Waals surface area contributed by atoms with Gasteiger partial charge in [0.05, 0.1) is 0 Å². The molecule has 0 aliphatic rings. The fourth-order valence-electron chi connectivity index (χ4n) is 2.38. The lowest BCUT2D eigenvalue weighted by molar-refractivity contribution is 0.364. The molecular formula is C20H18F2O3S2. The van der Waals surface area contributed by atoms with E-state index in [1.54, 1.807) is 36.4 Å². The smallest absolute Gasteiger partial charge is 0.268 e. The quantitative estimate of drug-likeness (QED) is 0.451. The van der Waals surface area contributed by atoms with Crippen molar-refractivity contribution in [2.24, 2.45) is 0 Å². The zero-order valence-corrected chi connectivity index (χ0v) is 15.9. The van der Waals surface area contributed by atoms with Crippen LogP contribution in [0.15, 0.2) is 83.8 Å². The SMILES string of the molecule is Fc1ccccc1S.O=S(=O)(O)CC(F)c1ccccc1-c1ccccc1. The van der Waals surface area contributed by atoms with Crippen LogP contribution >= 0.6 is 12.6 Å². The molecule has 0 saturated heterocycles. The highest BCUT2D eigenvalue weighted by atomic mass is 32.2. The highest BCUT2D eigenvalue weighted by Gasteiger charge is 2.20. The lowest BCUT2D eigenvalue weighted by atomic mass is 9.97. The van der Waals surface area contributed by atoms with Gasteiger partial charge in [0, 0.05) is 4.90 Å². The van der Waals surface area contributed by atoms with E-state index >= 15 is 0 Å². The predicted octanol–water partition coefficient (Wildman–Crippen LogP) is 5.37. The standard InChI is InChI=1S/C14H13FO3S.C6H5FS/c15-14(10-19(16,17)18)13-9-5-4-8-12(13)11-6-2-1-3-7-11;7-5-3-1-2-4-6(5)8/h1-9,14H,10H2,(H,16,17,18);1-4,8H. The molecule has 0 aliphatic heterocycles. The lowest BCUT2D eigenvalue weighted by Crippen LogP contribution is -2.11. The Labute approximate surface area is 162 Å². The van der Waals surface area contributed by atoms with Crippen molar-refractivity contribution in [1.29, 1.82) is 0 Å². The van der Waals surface area contributed by atoms with Gasteiger partial charge in [-0.25, -0.2) is 8.78 Å². The first kappa shape index (κ1) is 21.1. The summed E-state index contributed by atoms with van der Waals surface area (Å²) in [6.07, 6.45) is -1.76. The normalized spacial score (nSPS) is 12.0. The molecule has 0 bridgehead atoms. The third-order valence-electron chi connectivity index (χ3n) is 3.59. The minimum absolute atomic E-state index is 0.256. The summed E-state index contributed by atoms with van der Waals surface area (Å²) < 4.78 is 56.6. The lowest BCUT2D eigenvalue weighted by Gasteiger charge is -2.12. The molecule has 142 valence electrons. The van der Waals surface area contributed by atoms with Gasteiger partial charge in [0.15, 0.2) is 0 Å². The van der Waals surface area contributed by atoms with Crippen LogP contribution < -0.4 is 0 Å². The summed E-state index contributed by atoms with van der Waals surface area (Å²) in [5, 5.41) is 0. The van der Waals surface area contributed by atoms with E-state index < -0.39 is 22.0 Å². The molecule has 3 nitrogen and oxygen atoms in total. The summed E-state index contributed by atoms with van der Waals surface area (Å²) in [6, 6.07) is 22.1. The van der Waals surface area contributed by atoms with E-state index in [0.717, 1.165) is 5.56 Å². The molecule has 0 aromatic heterocycles. The van der Waals surface area contributed by atoms with E-state index in [1.165, 1.54) is 12.1 Å². The van der Waals surface area contributed by atoms with Crippen molar-refractivity contribution in [2.75, 3.05) is 5.75 Å². The molecule has 7 heteroatoms. The van der Waals surface area contributed by atoms with Crippen molar-refractivity contribution in [2.45, 2.75) is 11.1 Å². The molecular weight excluding hydrogens is 390 g/mol. The molecule has 0 spiro atoms. The van der Waals surface area contributed by atoms with Gasteiger partial charge < -0.3 is 0 Å². The minimum Gasteiger partial charge on any atom is -0.285 e. The molecule has 3 aromatic carbocycles. The van der Waals surface area contributed by atoms with Crippen LogP contribution in [0, 0.1) is 5.82 Å². The molecule has 27 heavy (non-hydrogen) atoms. The van der Waals surface area contributed by atoms with Crippen LogP contribution in [0.4, 0.5) is 8.78 Å². The summed E-state index contributed by atoms with van der Waals surface area (Å²) in [6.45, 7) is 0. The Hall–Kier alpha value is -2.22. The Morgan fingerprint density at radius 1 is 0.889 bits per heavy atom. The van der Waals surface area contributed by atoms with Gasteiger partial charge in [-0.3, -0.25) is 4.55 Å². The Morgan fingerprint density at radius 3 is 2.00 bits per heavy atom. The van der Waals surface area contributed by atoms with Crippen molar-refractivity contribution in [3.63, 3.8) is 0 Å². The first-order valence-electron chi connectivity index (χ1n) is 7.95. The van der Waals surface area contributed by atoms with Gasteiger partial charge in [0.1, 0.15) is 17.7 Å². The first-order valence-corrected chi connectivity index (χ1v) is 10.0. The molecule has 3 aromatic rings. The number of thiol groups is 1. The summed E-state index contributed by atoms with van der Waals surface area (Å²) in [4.78, 5) is 0.396. The Kier molecular flexibility index (Phi) is 7.53. The van der Waals surface area contributed by atoms with Crippen LogP contribution in [0.1, 0.15) is 11.7 Å². The molecule has 0 radical (unpaired) electrons. The number of halogens is 2. The van der Waals surface area contributed by atoms with Crippen molar-refractivity contribution in [1.82, 2.24) is 0 Å². The second-order valence-corrected chi connectivity index (χ2v) is 7.60. The van der Waals surface area contributed by atoms with Crippen LogP contribution in [0.3, 0.4) is 0 Å². The fraction of sp³-hybridized carbons (Fsp3) is 0.100. The van der Waals surface area contributed by atoms with Crippen molar-refractivity contribution < 1.29 is 21.8 Å². The van der Waals surface area contributed by atoms with E-state index in [2.05, 4.69) is 12.6 Å². The fourth-order valence-corrected chi connectivity index (χ4v) is 3.09. The number of hydrogen-bond acceptors (Lipinski definition) is 3. The highest BCUT2D eigenvalue weighted by Crippen LogP contribution is 2.30. The minimum atomic E-state index is -4.35. The van der Waals surface area contributed by atoms with E-state index in [0.29, 0.717) is 10.5 Å². The van der Waals surface area contributed by atoms with E-state index in [1.807, 2.05) is 30.3 Å². The molecule has 0 aliphatic carbocycles. The van der Waals surface area contributed by atoms with Crippen molar-refractivity contribution in [3.8, 4) is 11.1 Å². The Bertz CT molecular complexity index is 956. The zero-order chi connectivity index (χ0) is 19.9. The zero-order valence-electron chi connectivity index (χ0n) is 14.2. The van der Waals surface area contributed by atoms with Gasteiger partial charge in [0.25, 0.3) is 10.1 Å². The second-order valence-electron chi connectivity index (χ2n) is 5.62. The van der Waals surface area contributed by atoms with Crippen LogP contribution in [0.2, 0.25) is 0 Å². The van der Waals surface area contributed by atoms with Crippen LogP contribution in [-0.4, -0.2) is 18.7 Å². The monoisotopic (exact) mass is 408 g/mol. The van der Waals surface area contributed by atoms with Gasteiger partial charge in [-0.1, -0.05) is 66.7 Å². The van der Waals surface area contributed by atoms with Crippen LogP contribution in [-0.2, 0) is 10.1 Å². The largest absolute Gasteiger partial charge is 0.285 e. The third kappa shape index (κ3) is 6.78. The maximum absolute atomic E-state index is 14.0. The van der Waals surface area contributed by atoms with Gasteiger partial charge in [0.2, 0.25) is 0 Å². The molecule has 1 atom stereocenters. The average molecular weight is 408 g/mol. The maximum atomic E-state index is 14.0. The van der Waals surface area contributed by atoms with Crippen molar-refractivity contribution >= 4 is 22.7 Å². The topological polar surface area (TPSA) is 54.4 Å². The third-order valence-corrected chi connectivity index (χ3v) is 4.67. The summed E-state index contributed by atoms with van der Waals surface area (Å²) in [5.74, 6) is -1.20. The van der Waals surface area contributed by atoms with E-state index in [9.17, 15) is 17.2 Å². The first-order chi connectivity index (χ1) is 12.8. The summed E-state index contributed by atoms with van der Waals surface area (Å²) in [5.41, 5.74) is 1.68. The molecule has 1 N–H and O–H groups in total. The number of hydrogen-bond donors (Lipinski definition) is 2. The second kappa shape index (κ2) is 9.64. The summed E-state index contributed by atoms with van der Waals surface area (Å²) >= 11 is 3.82. The Morgan fingerprint density at radius 2 is 1.44 bits per heavy atom. The number of alkyl halides is 1. The number of rotatable bonds is 4. The molecule has 0 heterocycles. The van der Waals surface area contributed by atoms with Crippen LogP contribution in [0.25, 0.3) is 11.1 Å². The van der Waals surface area contributed by atoms with Gasteiger partial charge >= 0.3 is 0 Å². The summed E-state index contributed by atoms with van der Waals surface area (Å²) in [7, 11) is -4.35. The van der Waals surface area contributed by atoms with Gasteiger partial charge in [-0.15, -0.1) is 12.6 Å². The number of benzene rings is 3. The molecule has 3 rings (SSSR count). The van der Waals surface area contributed by atoms with E-state index in [4.69, 9.17) is 4.55 Å². The van der Waals surface area contributed by atoms with Gasteiger partial charge in [-0.2, -0.15) is 8.42 Å². The predicted molar refractivity (Wildman–Crippen MR) is 106 cm³/mol. The van der Waals surface area contributed by atoms with E-state index in [-0.39, 0.29) is 11.4 Å². The Balaban J connectivity index is 0.000000273. The average Bonchev–Trinajstić information content (AvgIpc) is 2.64. The molecule has 1 unspecified atom stereocenters.